The number of nitrogens with zero attached hydrogens (tertiary/aromatic N) is 2. The van der Waals surface area contributed by atoms with Crippen LogP contribution in [-0.4, -0.2) is 15.7 Å². The van der Waals surface area contributed by atoms with Gasteiger partial charge in [0.05, 0.1) is 6.04 Å². The van der Waals surface area contributed by atoms with Crippen LogP contribution in [0.1, 0.15) is 47.9 Å². The van der Waals surface area contributed by atoms with E-state index in [2.05, 4.69) is 5.10 Å². The van der Waals surface area contributed by atoms with Crippen LogP contribution in [0.5, 0.6) is 0 Å². The standard InChI is InChI=1S/C10H12F3N3O/c11-10(12,13)8-5-7(9(14)17)16(15-8)6-3-1-2-4-6/h5-6H,1-4H2,(H2,14,17). The zero-order valence-electron chi connectivity index (χ0n) is 9.00. The van der Waals surface area contributed by atoms with Crippen LogP contribution in [0.15, 0.2) is 6.07 Å². The Morgan fingerprint density at radius 3 is 2.47 bits per heavy atom. The molecule has 1 saturated carbocycles. The molecule has 2 N–H and O–H groups in total. The number of nitrogens with two attached hydrogens (primary N) is 1. The molecule has 0 spiro atoms. The summed E-state index contributed by atoms with van der Waals surface area (Å²) in [5, 5.41) is 3.48. The van der Waals surface area contributed by atoms with Crippen LogP contribution in [0.4, 0.5) is 13.2 Å². The second-order valence-electron chi connectivity index (χ2n) is 4.16. The Morgan fingerprint density at radius 2 is 2.00 bits per heavy atom. The maximum Gasteiger partial charge on any atom is 0.435 e. The number of hydrogen-bond donors (Lipinski definition) is 1. The third kappa shape index (κ3) is 2.27. The van der Waals surface area contributed by atoms with E-state index in [1.165, 1.54) is 0 Å². The highest BCUT2D eigenvalue weighted by molar-refractivity contribution is 5.91. The molecular weight excluding hydrogens is 235 g/mol. The second kappa shape index (κ2) is 4.05. The van der Waals surface area contributed by atoms with Gasteiger partial charge in [0.15, 0.2) is 5.69 Å². The van der Waals surface area contributed by atoms with Gasteiger partial charge in [-0.15, -0.1) is 0 Å². The van der Waals surface area contributed by atoms with Crippen molar-refractivity contribution < 1.29 is 18.0 Å². The maximum absolute atomic E-state index is 12.5. The zero-order chi connectivity index (χ0) is 12.6. The first kappa shape index (κ1) is 11.9. The average Bonchev–Trinajstić information content (AvgIpc) is 2.85. The summed E-state index contributed by atoms with van der Waals surface area (Å²) in [5.41, 5.74) is 3.85. The highest BCUT2D eigenvalue weighted by atomic mass is 19.4. The molecule has 0 atom stereocenters. The van der Waals surface area contributed by atoms with Crippen molar-refractivity contribution in [1.29, 1.82) is 0 Å². The van der Waals surface area contributed by atoms with Gasteiger partial charge in [-0.2, -0.15) is 18.3 Å². The van der Waals surface area contributed by atoms with Crippen molar-refractivity contribution in [1.82, 2.24) is 9.78 Å². The highest BCUT2D eigenvalue weighted by Crippen LogP contribution is 2.33. The molecule has 1 aliphatic carbocycles. The number of aromatic nitrogens is 2. The summed E-state index contributed by atoms with van der Waals surface area (Å²) < 4.78 is 38.6. The Kier molecular flexibility index (Phi) is 2.84. The minimum Gasteiger partial charge on any atom is -0.364 e. The Balaban J connectivity index is 2.42. The molecule has 1 heterocycles. The topological polar surface area (TPSA) is 60.9 Å². The van der Waals surface area contributed by atoms with Gasteiger partial charge >= 0.3 is 6.18 Å². The molecule has 2 rings (SSSR count). The largest absolute Gasteiger partial charge is 0.435 e. The first-order valence-corrected chi connectivity index (χ1v) is 5.36. The van der Waals surface area contributed by atoms with Crippen molar-refractivity contribution in [2.24, 2.45) is 5.73 Å². The normalized spacial score (nSPS) is 17.6. The molecule has 1 aromatic heterocycles. The Labute approximate surface area is 95.6 Å². The molecule has 1 aliphatic rings. The third-order valence-corrected chi connectivity index (χ3v) is 2.95. The fraction of sp³-hybridized carbons (Fsp3) is 0.600. The van der Waals surface area contributed by atoms with E-state index in [-0.39, 0.29) is 11.7 Å². The van der Waals surface area contributed by atoms with Gasteiger partial charge in [-0.25, -0.2) is 0 Å². The summed E-state index contributed by atoms with van der Waals surface area (Å²) in [6, 6.07) is 0.578. The van der Waals surface area contributed by atoms with Crippen molar-refractivity contribution in [3.8, 4) is 0 Å². The van der Waals surface area contributed by atoms with E-state index in [4.69, 9.17) is 5.73 Å². The van der Waals surface area contributed by atoms with Crippen LogP contribution in [0, 0.1) is 0 Å². The van der Waals surface area contributed by atoms with Crippen LogP contribution < -0.4 is 5.73 Å². The van der Waals surface area contributed by atoms with Gasteiger partial charge < -0.3 is 5.73 Å². The zero-order valence-corrected chi connectivity index (χ0v) is 9.00. The van der Waals surface area contributed by atoms with Crippen molar-refractivity contribution >= 4 is 5.91 Å². The Morgan fingerprint density at radius 1 is 1.41 bits per heavy atom. The first-order chi connectivity index (χ1) is 7.89. The summed E-state index contributed by atoms with van der Waals surface area (Å²) in [6.45, 7) is 0. The number of rotatable bonds is 2. The molecule has 0 aromatic carbocycles. The highest BCUT2D eigenvalue weighted by Gasteiger charge is 2.36. The Bertz CT molecular complexity index is 432. The summed E-state index contributed by atoms with van der Waals surface area (Å²) in [7, 11) is 0. The fourth-order valence-corrected chi connectivity index (χ4v) is 2.14. The predicted octanol–water partition coefficient (Wildman–Crippen LogP) is 2.12. The molecule has 17 heavy (non-hydrogen) atoms. The number of primary amides is 1. The lowest BCUT2D eigenvalue weighted by Crippen LogP contribution is -2.20. The molecule has 0 saturated heterocycles. The smallest absolute Gasteiger partial charge is 0.364 e. The molecule has 7 heteroatoms. The number of alkyl halides is 3. The molecule has 1 fully saturated rings. The quantitative estimate of drug-likeness (QED) is 0.870. The number of amides is 1. The number of hydrogen-bond acceptors (Lipinski definition) is 2. The van der Waals surface area contributed by atoms with Gasteiger partial charge in [-0.05, 0) is 12.8 Å². The monoisotopic (exact) mass is 247 g/mol. The van der Waals surface area contributed by atoms with Gasteiger partial charge in [0.1, 0.15) is 5.69 Å². The summed E-state index contributed by atoms with van der Waals surface area (Å²) in [6.07, 6.45) is -1.21. The predicted molar refractivity (Wildman–Crippen MR) is 53.3 cm³/mol. The second-order valence-corrected chi connectivity index (χ2v) is 4.16. The summed E-state index contributed by atoms with van der Waals surface area (Å²) >= 11 is 0. The van der Waals surface area contributed by atoms with Gasteiger partial charge in [0.2, 0.25) is 0 Å². The van der Waals surface area contributed by atoms with E-state index >= 15 is 0 Å². The lowest BCUT2D eigenvalue weighted by Gasteiger charge is -2.12. The molecule has 1 aromatic rings. The van der Waals surface area contributed by atoms with E-state index in [0.29, 0.717) is 0 Å². The van der Waals surface area contributed by atoms with E-state index in [1.54, 1.807) is 0 Å². The van der Waals surface area contributed by atoms with Crippen LogP contribution >= 0.6 is 0 Å². The van der Waals surface area contributed by atoms with Crippen molar-refractivity contribution in [3.63, 3.8) is 0 Å². The average molecular weight is 247 g/mol. The lowest BCUT2D eigenvalue weighted by molar-refractivity contribution is -0.141. The van der Waals surface area contributed by atoms with Crippen LogP contribution in [0.2, 0.25) is 0 Å². The van der Waals surface area contributed by atoms with Crippen molar-refractivity contribution in [2.75, 3.05) is 0 Å². The fourth-order valence-electron chi connectivity index (χ4n) is 2.14. The van der Waals surface area contributed by atoms with Crippen molar-refractivity contribution in [3.05, 3.63) is 17.5 Å². The van der Waals surface area contributed by atoms with Gasteiger partial charge in [-0.3, -0.25) is 9.48 Å². The summed E-state index contributed by atoms with van der Waals surface area (Å²) in [5.74, 6) is -0.875. The SMILES string of the molecule is NC(=O)c1cc(C(F)(F)F)nn1C1CCCC1. The van der Waals surface area contributed by atoms with E-state index in [1.807, 2.05) is 0 Å². The minimum atomic E-state index is -4.55. The van der Waals surface area contributed by atoms with Gasteiger partial charge in [-0.1, -0.05) is 12.8 Å². The summed E-state index contributed by atoms with van der Waals surface area (Å²) in [4.78, 5) is 11.1. The van der Waals surface area contributed by atoms with Crippen LogP contribution in [0.3, 0.4) is 0 Å². The van der Waals surface area contributed by atoms with Crippen LogP contribution in [-0.2, 0) is 6.18 Å². The molecule has 0 unspecified atom stereocenters. The minimum absolute atomic E-state index is 0.145. The molecular formula is C10H12F3N3O. The van der Waals surface area contributed by atoms with E-state index in [0.717, 1.165) is 36.4 Å². The molecule has 0 radical (unpaired) electrons. The first-order valence-electron chi connectivity index (χ1n) is 5.36. The molecule has 1 amide bonds. The van der Waals surface area contributed by atoms with Crippen molar-refractivity contribution in [2.45, 2.75) is 37.9 Å². The third-order valence-electron chi connectivity index (χ3n) is 2.95. The molecule has 0 bridgehead atoms. The van der Waals surface area contributed by atoms with E-state index < -0.39 is 17.8 Å². The van der Waals surface area contributed by atoms with Gasteiger partial charge in [0.25, 0.3) is 5.91 Å². The molecule has 94 valence electrons. The maximum atomic E-state index is 12.5. The molecule has 0 aliphatic heterocycles. The van der Waals surface area contributed by atoms with E-state index in [9.17, 15) is 18.0 Å². The van der Waals surface area contributed by atoms with Crippen LogP contribution in [0.25, 0.3) is 0 Å². The number of carbonyl (C=O) groups is 1. The Hall–Kier alpha value is -1.53. The number of halogens is 3. The lowest BCUT2D eigenvalue weighted by atomic mass is 10.2. The van der Waals surface area contributed by atoms with Gasteiger partial charge in [0, 0.05) is 6.07 Å². The molecule has 4 nitrogen and oxygen atoms in total. The number of carbonyl (C=O) groups excluding carboxylic acids is 1.